The first-order valence-corrected chi connectivity index (χ1v) is 7.02. The van der Waals surface area contributed by atoms with Crippen molar-refractivity contribution in [3.05, 3.63) is 41.7 Å². The molecular formula is C16H21N3. The van der Waals surface area contributed by atoms with Crippen LogP contribution in [0.1, 0.15) is 17.5 Å². The van der Waals surface area contributed by atoms with Gasteiger partial charge in [-0.1, -0.05) is 29.3 Å². The second-order valence-corrected chi connectivity index (χ2v) is 5.69. The van der Waals surface area contributed by atoms with Gasteiger partial charge in [0.15, 0.2) is 0 Å². The monoisotopic (exact) mass is 255 g/mol. The van der Waals surface area contributed by atoms with Gasteiger partial charge in [-0.15, -0.1) is 0 Å². The quantitative estimate of drug-likeness (QED) is 0.914. The van der Waals surface area contributed by atoms with Crippen molar-refractivity contribution in [1.82, 2.24) is 15.1 Å². The number of aryl methyl sites for hydroxylation is 2. The van der Waals surface area contributed by atoms with E-state index in [-0.39, 0.29) is 0 Å². The van der Waals surface area contributed by atoms with Gasteiger partial charge in [0.05, 0.1) is 6.20 Å². The van der Waals surface area contributed by atoms with Crippen LogP contribution in [-0.2, 0) is 6.54 Å². The van der Waals surface area contributed by atoms with Crippen molar-refractivity contribution in [2.45, 2.75) is 26.8 Å². The maximum Gasteiger partial charge on any atom is 0.0568 e. The molecule has 1 unspecified atom stereocenters. The Morgan fingerprint density at radius 1 is 1.21 bits per heavy atom. The van der Waals surface area contributed by atoms with Crippen molar-refractivity contribution in [3.8, 4) is 11.1 Å². The molecule has 100 valence electrons. The molecule has 3 heteroatoms. The maximum absolute atomic E-state index is 4.50. The molecule has 3 nitrogen and oxygen atoms in total. The van der Waals surface area contributed by atoms with Gasteiger partial charge < -0.3 is 5.32 Å². The molecule has 1 N–H and O–H groups in total. The summed E-state index contributed by atoms with van der Waals surface area (Å²) in [7, 11) is 0. The molecule has 1 saturated heterocycles. The van der Waals surface area contributed by atoms with E-state index in [4.69, 9.17) is 0 Å². The molecule has 1 aliphatic heterocycles. The number of benzene rings is 1. The Morgan fingerprint density at radius 3 is 2.68 bits per heavy atom. The van der Waals surface area contributed by atoms with Gasteiger partial charge in [0, 0.05) is 18.3 Å². The van der Waals surface area contributed by atoms with Gasteiger partial charge >= 0.3 is 0 Å². The summed E-state index contributed by atoms with van der Waals surface area (Å²) < 4.78 is 2.09. The summed E-state index contributed by atoms with van der Waals surface area (Å²) in [6.45, 7) is 7.59. The van der Waals surface area contributed by atoms with Crippen LogP contribution < -0.4 is 5.32 Å². The first-order valence-electron chi connectivity index (χ1n) is 7.02. The highest BCUT2D eigenvalue weighted by molar-refractivity contribution is 5.63. The third-order valence-corrected chi connectivity index (χ3v) is 3.80. The smallest absolute Gasteiger partial charge is 0.0568 e. The number of nitrogens with zero attached hydrogens (tertiary/aromatic N) is 2. The van der Waals surface area contributed by atoms with Crippen LogP contribution in [-0.4, -0.2) is 22.9 Å². The average molecular weight is 255 g/mol. The lowest BCUT2D eigenvalue weighted by Gasteiger charge is -2.07. The average Bonchev–Trinajstić information content (AvgIpc) is 2.99. The number of nitrogens with one attached hydrogen (secondary N) is 1. The standard InChI is InChI=1S/C16H21N3/c1-12-5-13(2)7-15(6-12)16-9-18-19(11-16)10-14-3-4-17-8-14/h5-7,9,11,14,17H,3-4,8,10H2,1-2H3. The zero-order chi connectivity index (χ0) is 13.2. The normalized spacial score (nSPS) is 18.9. The molecule has 3 rings (SSSR count). The molecule has 2 heterocycles. The van der Waals surface area contributed by atoms with E-state index in [2.05, 4.69) is 53.3 Å². The molecule has 0 spiro atoms. The molecule has 1 aliphatic rings. The molecule has 1 fully saturated rings. The van der Waals surface area contributed by atoms with Crippen molar-refractivity contribution < 1.29 is 0 Å². The van der Waals surface area contributed by atoms with Crippen molar-refractivity contribution in [3.63, 3.8) is 0 Å². The number of hydrogen-bond donors (Lipinski definition) is 1. The molecule has 0 amide bonds. The minimum Gasteiger partial charge on any atom is -0.316 e. The molecule has 0 saturated carbocycles. The third-order valence-electron chi connectivity index (χ3n) is 3.80. The van der Waals surface area contributed by atoms with E-state index in [0.717, 1.165) is 25.6 Å². The fourth-order valence-electron chi connectivity index (χ4n) is 2.89. The van der Waals surface area contributed by atoms with Crippen LogP contribution in [0, 0.1) is 19.8 Å². The van der Waals surface area contributed by atoms with Gasteiger partial charge in [-0.2, -0.15) is 5.10 Å². The highest BCUT2D eigenvalue weighted by atomic mass is 15.3. The van der Waals surface area contributed by atoms with Crippen LogP contribution in [0.25, 0.3) is 11.1 Å². The van der Waals surface area contributed by atoms with E-state index in [0.29, 0.717) is 0 Å². The van der Waals surface area contributed by atoms with E-state index >= 15 is 0 Å². The summed E-state index contributed by atoms with van der Waals surface area (Å²) in [6, 6.07) is 6.66. The van der Waals surface area contributed by atoms with Crippen LogP contribution in [0.2, 0.25) is 0 Å². The molecule has 19 heavy (non-hydrogen) atoms. The summed E-state index contributed by atoms with van der Waals surface area (Å²) >= 11 is 0. The Bertz CT molecular complexity index is 545. The Hall–Kier alpha value is -1.61. The van der Waals surface area contributed by atoms with Gasteiger partial charge in [0.25, 0.3) is 0 Å². The Morgan fingerprint density at radius 2 is 2.00 bits per heavy atom. The zero-order valence-electron chi connectivity index (χ0n) is 11.7. The van der Waals surface area contributed by atoms with Crippen molar-refractivity contribution in [2.75, 3.05) is 13.1 Å². The third kappa shape index (κ3) is 2.87. The lowest BCUT2D eigenvalue weighted by molar-refractivity contribution is 0.449. The second kappa shape index (κ2) is 5.17. The molecular weight excluding hydrogens is 234 g/mol. The lowest BCUT2D eigenvalue weighted by Crippen LogP contribution is -2.14. The summed E-state index contributed by atoms with van der Waals surface area (Å²) in [6.07, 6.45) is 5.42. The van der Waals surface area contributed by atoms with Crippen LogP contribution in [0.5, 0.6) is 0 Å². The van der Waals surface area contributed by atoms with E-state index in [1.165, 1.54) is 28.7 Å². The number of hydrogen-bond acceptors (Lipinski definition) is 2. The minimum atomic E-state index is 0.729. The van der Waals surface area contributed by atoms with E-state index < -0.39 is 0 Å². The van der Waals surface area contributed by atoms with Gasteiger partial charge in [0.2, 0.25) is 0 Å². The Balaban J connectivity index is 1.79. The summed E-state index contributed by atoms with van der Waals surface area (Å²) in [4.78, 5) is 0. The van der Waals surface area contributed by atoms with Crippen LogP contribution in [0.15, 0.2) is 30.6 Å². The zero-order valence-corrected chi connectivity index (χ0v) is 11.7. The van der Waals surface area contributed by atoms with E-state index in [1.54, 1.807) is 0 Å². The first kappa shape index (κ1) is 12.4. The minimum absolute atomic E-state index is 0.729. The van der Waals surface area contributed by atoms with Gasteiger partial charge in [-0.25, -0.2) is 0 Å². The number of rotatable bonds is 3. The molecule has 1 aromatic heterocycles. The molecule has 0 aliphatic carbocycles. The Kier molecular flexibility index (Phi) is 3.38. The van der Waals surface area contributed by atoms with Crippen LogP contribution in [0.3, 0.4) is 0 Å². The fraction of sp³-hybridized carbons (Fsp3) is 0.438. The first-order chi connectivity index (χ1) is 9.20. The SMILES string of the molecule is Cc1cc(C)cc(-c2cnn(CC3CCNC3)c2)c1. The van der Waals surface area contributed by atoms with E-state index in [9.17, 15) is 0 Å². The topological polar surface area (TPSA) is 29.9 Å². The lowest BCUT2D eigenvalue weighted by atomic mass is 10.0. The summed E-state index contributed by atoms with van der Waals surface area (Å²) in [5.41, 5.74) is 5.11. The fourth-order valence-corrected chi connectivity index (χ4v) is 2.89. The van der Waals surface area contributed by atoms with Gasteiger partial charge in [0.1, 0.15) is 0 Å². The van der Waals surface area contributed by atoms with Crippen molar-refractivity contribution in [1.29, 1.82) is 0 Å². The van der Waals surface area contributed by atoms with Crippen LogP contribution >= 0.6 is 0 Å². The highest BCUT2D eigenvalue weighted by Gasteiger charge is 2.15. The van der Waals surface area contributed by atoms with Crippen molar-refractivity contribution in [2.24, 2.45) is 5.92 Å². The van der Waals surface area contributed by atoms with Crippen LogP contribution in [0.4, 0.5) is 0 Å². The maximum atomic E-state index is 4.50. The largest absolute Gasteiger partial charge is 0.316 e. The predicted molar refractivity (Wildman–Crippen MR) is 78.1 cm³/mol. The molecule has 0 bridgehead atoms. The summed E-state index contributed by atoms with van der Waals surface area (Å²) in [5, 5.41) is 7.91. The molecule has 1 aromatic carbocycles. The predicted octanol–water partition coefficient (Wildman–Crippen LogP) is 2.78. The Labute approximate surface area is 114 Å². The van der Waals surface area contributed by atoms with Gasteiger partial charge in [-0.05, 0) is 44.8 Å². The summed E-state index contributed by atoms with van der Waals surface area (Å²) in [5.74, 6) is 0.729. The molecule has 2 aromatic rings. The highest BCUT2D eigenvalue weighted by Crippen LogP contribution is 2.22. The molecule has 1 atom stereocenters. The van der Waals surface area contributed by atoms with E-state index in [1.807, 2.05) is 6.20 Å². The number of aromatic nitrogens is 2. The van der Waals surface area contributed by atoms with Crippen molar-refractivity contribution >= 4 is 0 Å². The molecule has 0 radical (unpaired) electrons. The van der Waals surface area contributed by atoms with Gasteiger partial charge in [-0.3, -0.25) is 4.68 Å². The second-order valence-electron chi connectivity index (χ2n) is 5.69.